The van der Waals surface area contributed by atoms with Crippen molar-refractivity contribution < 1.29 is 19.4 Å². The van der Waals surface area contributed by atoms with Gasteiger partial charge in [-0.25, -0.2) is 0 Å². The second-order valence-corrected chi connectivity index (χ2v) is 4.96. The molecule has 3 N–H and O–H groups in total. The van der Waals surface area contributed by atoms with Gasteiger partial charge < -0.3 is 25.0 Å². The fourth-order valence-electron chi connectivity index (χ4n) is 2.08. The molecule has 0 fully saturated rings. The van der Waals surface area contributed by atoms with Crippen LogP contribution in [0, 0.1) is 0 Å². The smallest absolute Gasteiger partial charge is 0.313 e. The number of nitrogens with zero attached hydrogens (tertiary/aromatic N) is 1. The van der Waals surface area contributed by atoms with Gasteiger partial charge in [-0.05, 0) is 24.3 Å². The molecule has 2 amide bonds. The first-order chi connectivity index (χ1) is 11.0. The molecule has 23 heavy (non-hydrogen) atoms. The minimum Gasteiger partial charge on any atom is -0.497 e. The van der Waals surface area contributed by atoms with Gasteiger partial charge in [-0.1, -0.05) is 6.07 Å². The maximum Gasteiger partial charge on any atom is 0.313 e. The zero-order valence-corrected chi connectivity index (χ0v) is 12.9. The van der Waals surface area contributed by atoms with E-state index in [-0.39, 0.29) is 6.54 Å². The number of ether oxygens (including phenoxy) is 1. The van der Waals surface area contributed by atoms with Gasteiger partial charge in [0.05, 0.1) is 7.11 Å². The number of carbonyl (C=O) groups excluding carboxylic acids is 2. The molecule has 0 aliphatic carbocycles. The van der Waals surface area contributed by atoms with Crippen molar-refractivity contribution >= 4 is 17.5 Å². The molecule has 0 spiro atoms. The SMILES string of the molecule is COc1cccc(NC(=O)C(=O)NCC(O)c2cccn2C)c1. The number of hydrogen-bond acceptors (Lipinski definition) is 4. The van der Waals surface area contributed by atoms with Gasteiger partial charge in [-0.3, -0.25) is 9.59 Å². The molecule has 0 aliphatic heterocycles. The highest BCUT2D eigenvalue weighted by molar-refractivity contribution is 6.39. The van der Waals surface area contributed by atoms with E-state index in [9.17, 15) is 14.7 Å². The fourth-order valence-corrected chi connectivity index (χ4v) is 2.08. The monoisotopic (exact) mass is 317 g/mol. The van der Waals surface area contributed by atoms with Crippen LogP contribution < -0.4 is 15.4 Å². The number of nitrogens with one attached hydrogen (secondary N) is 2. The van der Waals surface area contributed by atoms with Crippen LogP contribution in [0.15, 0.2) is 42.6 Å². The Morgan fingerprint density at radius 2 is 2.04 bits per heavy atom. The third kappa shape index (κ3) is 4.33. The largest absolute Gasteiger partial charge is 0.497 e. The topological polar surface area (TPSA) is 92.6 Å². The van der Waals surface area contributed by atoms with Crippen LogP contribution in [0.2, 0.25) is 0 Å². The Morgan fingerprint density at radius 3 is 2.70 bits per heavy atom. The Bertz CT molecular complexity index is 696. The summed E-state index contributed by atoms with van der Waals surface area (Å²) in [6.07, 6.45) is 0.902. The van der Waals surface area contributed by atoms with E-state index in [1.54, 1.807) is 54.2 Å². The molecule has 1 atom stereocenters. The molecule has 7 nitrogen and oxygen atoms in total. The summed E-state index contributed by atoms with van der Waals surface area (Å²) in [6, 6.07) is 10.2. The van der Waals surface area contributed by atoms with E-state index in [1.807, 2.05) is 0 Å². The molecule has 0 saturated carbocycles. The van der Waals surface area contributed by atoms with Crippen LogP contribution >= 0.6 is 0 Å². The first kappa shape index (κ1) is 16.6. The molecule has 0 bridgehead atoms. The van der Waals surface area contributed by atoms with Crippen LogP contribution in [0.4, 0.5) is 5.69 Å². The molecule has 0 aliphatic rings. The summed E-state index contributed by atoms with van der Waals surface area (Å²) in [5.74, 6) is -1.05. The Labute approximate surface area is 133 Å². The summed E-state index contributed by atoms with van der Waals surface area (Å²) in [6.45, 7) is -0.0534. The maximum atomic E-state index is 11.8. The average Bonchev–Trinajstić information content (AvgIpc) is 2.98. The normalized spacial score (nSPS) is 11.6. The van der Waals surface area contributed by atoms with Gasteiger partial charge in [0.2, 0.25) is 0 Å². The zero-order chi connectivity index (χ0) is 16.8. The number of hydrogen-bond donors (Lipinski definition) is 3. The van der Waals surface area contributed by atoms with Crippen LogP contribution in [-0.4, -0.2) is 35.1 Å². The highest BCUT2D eigenvalue weighted by Crippen LogP contribution is 2.16. The van der Waals surface area contributed by atoms with Crippen LogP contribution in [0.25, 0.3) is 0 Å². The van der Waals surface area contributed by atoms with Crippen molar-refractivity contribution in [2.45, 2.75) is 6.10 Å². The predicted molar refractivity (Wildman–Crippen MR) is 85.0 cm³/mol. The lowest BCUT2D eigenvalue weighted by Crippen LogP contribution is -2.37. The van der Waals surface area contributed by atoms with Crippen molar-refractivity contribution in [1.29, 1.82) is 0 Å². The van der Waals surface area contributed by atoms with Crippen LogP contribution in [0.5, 0.6) is 5.75 Å². The van der Waals surface area contributed by atoms with Gasteiger partial charge in [0.1, 0.15) is 11.9 Å². The summed E-state index contributed by atoms with van der Waals surface area (Å²) in [5.41, 5.74) is 1.10. The van der Waals surface area contributed by atoms with Crippen molar-refractivity contribution in [3.05, 3.63) is 48.3 Å². The molecule has 1 aromatic heterocycles. The number of methoxy groups -OCH3 is 1. The van der Waals surface area contributed by atoms with Crippen molar-refractivity contribution in [3.8, 4) is 5.75 Å². The number of aromatic nitrogens is 1. The molecule has 1 aromatic carbocycles. The van der Waals surface area contributed by atoms with Crippen molar-refractivity contribution in [2.75, 3.05) is 19.0 Å². The summed E-state index contributed by atoms with van der Waals surface area (Å²) in [4.78, 5) is 23.6. The van der Waals surface area contributed by atoms with Crippen molar-refractivity contribution in [3.63, 3.8) is 0 Å². The van der Waals surface area contributed by atoms with Crippen LogP contribution in [-0.2, 0) is 16.6 Å². The Hall–Kier alpha value is -2.80. The lowest BCUT2D eigenvalue weighted by Gasteiger charge is -2.13. The minimum atomic E-state index is -0.886. The highest BCUT2D eigenvalue weighted by Gasteiger charge is 2.17. The van der Waals surface area contributed by atoms with Crippen molar-refractivity contribution in [1.82, 2.24) is 9.88 Å². The van der Waals surface area contributed by atoms with E-state index in [1.165, 1.54) is 7.11 Å². The molecular weight excluding hydrogens is 298 g/mol. The fraction of sp³-hybridized carbons (Fsp3) is 0.250. The van der Waals surface area contributed by atoms with Gasteiger partial charge in [0.15, 0.2) is 0 Å². The second-order valence-electron chi connectivity index (χ2n) is 4.96. The van der Waals surface area contributed by atoms with Gasteiger partial charge in [-0.2, -0.15) is 0 Å². The number of aryl methyl sites for hydroxylation is 1. The van der Waals surface area contributed by atoms with E-state index < -0.39 is 17.9 Å². The van der Waals surface area contributed by atoms with Crippen LogP contribution in [0.3, 0.4) is 0 Å². The summed E-state index contributed by atoms with van der Waals surface area (Å²) in [5, 5.41) is 14.9. The lowest BCUT2D eigenvalue weighted by atomic mass is 10.2. The third-order valence-electron chi connectivity index (χ3n) is 3.32. The summed E-state index contributed by atoms with van der Waals surface area (Å²) < 4.78 is 6.78. The molecular formula is C16H19N3O4. The van der Waals surface area contributed by atoms with E-state index in [0.29, 0.717) is 17.1 Å². The number of amides is 2. The minimum absolute atomic E-state index is 0.0534. The Balaban J connectivity index is 1.87. The highest BCUT2D eigenvalue weighted by atomic mass is 16.5. The molecule has 1 heterocycles. The van der Waals surface area contributed by atoms with Gasteiger partial charge >= 0.3 is 11.8 Å². The number of benzene rings is 1. The molecule has 2 rings (SSSR count). The molecule has 7 heteroatoms. The molecule has 0 saturated heterocycles. The van der Waals surface area contributed by atoms with E-state index in [0.717, 1.165) is 0 Å². The van der Waals surface area contributed by atoms with Crippen LogP contribution in [0.1, 0.15) is 11.8 Å². The predicted octanol–water partition coefficient (Wildman–Crippen LogP) is 0.822. The molecule has 2 aromatic rings. The first-order valence-corrected chi connectivity index (χ1v) is 7.04. The standard InChI is InChI=1S/C16H19N3O4/c1-19-8-4-7-13(19)14(20)10-17-15(21)16(22)18-11-5-3-6-12(9-11)23-2/h3-9,14,20H,10H2,1-2H3,(H,17,21)(H,18,22). The zero-order valence-electron chi connectivity index (χ0n) is 12.9. The maximum absolute atomic E-state index is 11.8. The van der Waals surface area contributed by atoms with E-state index in [4.69, 9.17) is 4.74 Å². The van der Waals surface area contributed by atoms with E-state index >= 15 is 0 Å². The summed E-state index contributed by atoms with van der Waals surface area (Å²) in [7, 11) is 3.30. The number of anilines is 1. The molecule has 122 valence electrons. The quantitative estimate of drug-likeness (QED) is 0.712. The number of rotatable bonds is 5. The first-order valence-electron chi connectivity index (χ1n) is 7.04. The Kier molecular flexibility index (Phi) is 5.37. The second kappa shape index (κ2) is 7.46. The summed E-state index contributed by atoms with van der Waals surface area (Å²) >= 11 is 0. The van der Waals surface area contributed by atoms with Crippen molar-refractivity contribution in [2.24, 2.45) is 7.05 Å². The Morgan fingerprint density at radius 1 is 1.26 bits per heavy atom. The van der Waals surface area contributed by atoms with Gasteiger partial charge in [0.25, 0.3) is 0 Å². The number of aliphatic hydroxyl groups excluding tert-OH is 1. The van der Waals surface area contributed by atoms with Gasteiger partial charge in [-0.15, -0.1) is 0 Å². The average molecular weight is 317 g/mol. The van der Waals surface area contributed by atoms with E-state index in [2.05, 4.69) is 10.6 Å². The number of carbonyl (C=O) groups is 2. The lowest BCUT2D eigenvalue weighted by molar-refractivity contribution is -0.136. The molecule has 0 radical (unpaired) electrons. The third-order valence-corrected chi connectivity index (χ3v) is 3.32. The van der Waals surface area contributed by atoms with Gasteiger partial charge in [0, 0.05) is 37.2 Å². The molecule has 1 unspecified atom stereocenters. The number of aliphatic hydroxyl groups is 1.